The highest BCUT2D eigenvalue weighted by atomic mass is 16.8. The molecule has 756 valence electrons. The van der Waals surface area contributed by atoms with Crippen molar-refractivity contribution in [2.24, 2.45) is 0 Å². The van der Waals surface area contributed by atoms with E-state index in [1.165, 1.54) is 6.92 Å². The molecule has 10 aliphatic heterocycles. The molecule has 0 saturated carbocycles. The first kappa shape index (κ1) is 108. The fraction of sp³-hybridized carbons (Fsp3) is 0.918. The van der Waals surface area contributed by atoms with Crippen LogP contribution < -0.4 is 26.6 Å². The number of nitrogens with one attached hydrogen (secondary N) is 5. The number of hydrogen-bond donors (Lipinski definition) is 33. The largest absolute Gasteiger partial charge is 0.477 e. The highest BCUT2D eigenvalue weighted by Crippen LogP contribution is 2.43. The summed E-state index contributed by atoms with van der Waals surface area (Å²) in [7, 11) is 0. The van der Waals surface area contributed by atoms with Crippen molar-refractivity contribution in [1.29, 1.82) is 0 Å². The predicted molar refractivity (Wildman–Crippen MR) is 403 cm³/mol. The molecule has 58 heteroatoms. The number of aliphatic carboxylic acids is 1. The Kier molecular flexibility index (Phi) is 38.4. The zero-order valence-corrected chi connectivity index (χ0v) is 70.7. The van der Waals surface area contributed by atoms with Gasteiger partial charge in [0.1, 0.15) is 232 Å². The van der Waals surface area contributed by atoms with E-state index in [0.29, 0.717) is 0 Å². The van der Waals surface area contributed by atoms with E-state index in [2.05, 4.69) is 26.6 Å². The third kappa shape index (κ3) is 24.1. The molecule has 0 bridgehead atoms. The maximum absolute atomic E-state index is 13.3. The molecule has 33 N–H and O–H groups in total. The second-order valence-electron chi connectivity index (χ2n) is 33.2. The summed E-state index contributed by atoms with van der Waals surface area (Å²) < 4.78 is 113. The van der Waals surface area contributed by atoms with Crippen molar-refractivity contribution in [3.63, 3.8) is 0 Å². The molecule has 0 aromatic rings. The highest BCUT2D eigenvalue weighted by molar-refractivity contribution is 5.77. The second kappa shape index (κ2) is 46.6. The van der Waals surface area contributed by atoms with E-state index in [9.17, 15) is 172 Å². The Bertz CT molecular complexity index is 3670. The number of rotatable bonds is 35. The molecule has 58 nitrogen and oxygen atoms in total. The van der Waals surface area contributed by atoms with Crippen molar-refractivity contribution >= 4 is 35.5 Å². The van der Waals surface area contributed by atoms with Gasteiger partial charge in [-0.3, -0.25) is 24.0 Å². The Hall–Kier alpha value is -5.02. The number of aliphatic hydroxyl groups is 27. The van der Waals surface area contributed by atoms with Gasteiger partial charge in [-0.2, -0.15) is 0 Å². The van der Waals surface area contributed by atoms with Gasteiger partial charge < -0.3 is 260 Å². The lowest BCUT2D eigenvalue weighted by atomic mass is 9.88. The van der Waals surface area contributed by atoms with Gasteiger partial charge in [-0.1, -0.05) is 0 Å². The summed E-state index contributed by atoms with van der Waals surface area (Å²) in [5, 5.41) is 326. The van der Waals surface area contributed by atoms with Gasteiger partial charge in [0.05, 0.1) is 77.7 Å². The summed E-state index contributed by atoms with van der Waals surface area (Å²) in [6.07, 6.45) is -98.3. The molecule has 5 amide bonds. The molecule has 0 aliphatic carbocycles. The molecular weight excluding hydrogens is 1790 g/mol. The first-order chi connectivity index (χ1) is 61.7. The van der Waals surface area contributed by atoms with Crippen LogP contribution in [0.15, 0.2) is 0 Å². The van der Waals surface area contributed by atoms with Crippen molar-refractivity contribution in [3.8, 4) is 0 Å². The van der Waals surface area contributed by atoms with Gasteiger partial charge in [0, 0.05) is 41.0 Å². The van der Waals surface area contributed by atoms with Crippen LogP contribution in [-0.2, 0) is 119 Å². The average Bonchev–Trinajstić information content (AvgIpc) is 0.745. The summed E-state index contributed by atoms with van der Waals surface area (Å²) in [5.41, 5.74) is 0. The molecule has 0 spiro atoms. The van der Waals surface area contributed by atoms with Gasteiger partial charge in [0.15, 0.2) is 56.6 Å². The summed E-state index contributed by atoms with van der Waals surface area (Å²) >= 11 is 0. The van der Waals surface area contributed by atoms with Gasteiger partial charge in [-0.05, 0) is 6.92 Å². The molecule has 0 radical (unpaired) electrons. The fourth-order valence-corrected chi connectivity index (χ4v) is 16.9. The Labute approximate surface area is 741 Å². The number of hydrogen-bond acceptors (Lipinski definition) is 52. The molecule has 0 aromatic heterocycles. The number of ether oxygens (including phenoxy) is 19. The van der Waals surface area contributed by atoms with Crippen LogP contribution in [0, 0.1) is 0 Å². The number of carbonyl (C=O) groups is 6. The Morgan fingerprint density at radius 1 is 0.328 bits per heavy atom. The van der Waals surface area contributed by atoms with E-state index >= 15 is 0 Å². The van der Waals surface area contributed by atoms with E-state index in [4.69, 9.17) is 90.0 Å². The number of carbonyl (C=O) groups excluding carboxylic acids is 5. The lowest BCUT2D eigenvalue weighted by Gasteiger charge is -2.51. The van der Waals surface area contributed by atoms with Crippen LogP contribution in [0.5, 0.6) is 0 Å². The molecule has 0 unspecified atom stereocenters. The summed E-state index contributed by atoms with van der Waals surface area (Å²) in [6.45, 7) is -4.62. The number of amides is 5. The van der Waals surface area contributed by atoms with Crippen LogP contribution >= 0.6 is 0 Å². The van der Waals surface area contributed by atoms with Crippen molar-refractivity contribution in [2.75, 3.05) is 59.5 Å². The third-order valence-electron chi connectivity index (χ3n) is 23.8. The molecule has 10 heterocycles. The minimum Gasteiger partial charge on any atom is -0.477 e. The number of aliphatic hydroxyl groups excluding tert-OH is 27. The standard InChI is InChI=1S/C73H121N5O53/c1-17-38(93)49(104)52(107)67(115-17)113-16-32-57(46(101)34(63(110)116-32)75-19(3)87)124-65-36(77-21(5)89)47(102)55(29(13-84)121-65)125-68-53(108)59(127-71-62(51(106)42(97)27(11-82)120-71)129-64-35(76-20(4)88)45(100)40(95)25(9-80)117-64)44(99)31(123-68)15-114-70-61(50(105)41(96)26(10-81)119-70)128-66-37(78-22(6)90)48(103)56(30(14-85)122-66)126-69-54(109)60(43(98)28(12-83)118-69)131-73(72(111)112)7-23(91)33(74-18(2)86)58(130-73)39(94)24(92)8-79/h17,23-71,79-85,91-110H,7-16H2,1-6H3,(H,74,86)(H,75,87)(H,76,88)(H,77,89)(H,78,90)(H,111,112)/t17-,23-,24+,25+,26+,27-,28+,29+,30+,31+,32+,33+,34+,35-,36+,37+,38+,39+,40+,41+,42+,43-,44+,45+,46+,47+,48+,49+,50-,51-,52-,53-,54+,55+,56+,57+,58+,59-,60-,61-,62-,63+,64-,65-,66-,67-,68-,69-,70-,71-,73-/m0/s1. The molecule has 10 saturated heterocycles. The monoisotopic (exact) mass is 1920 g/mol. The zero-order valence-electron chi connectivity index (χ0n) is 70.7. The normalized spacial score (nSPS) is 47.5. The van der Waals surface area contributed by atoms with E-state index in [1.54, 1.807) is 0 Å². The van der Waals surface area contributed by atoms with Crippen LogP contribution in [0.25, 0.3) is 0 Å². The van der Waals surface area contributed by atoms with Crippen LogP contribution in [-0.4, -0.2) is 550 Å². The molecule has 131 heavy (non-hydrogen) atoms. The number of carboxylic acid groups (broad SMARTS) is 1. The molecule has 10 aliphatic rings. The van der Waals surface area contributed by atoms with Crippen molar-refractivity contribution < 1.29 is 262 Å². The van der Waals surface area contributed by atoms with Gasteiger partial charge in [0.2, 0.25) is 29.5 Å². The van der Waals surface area contributed by atoms with Crippen LogP contribution in [0.3, 0.4) is 0 Å². The molecule has 10 fully saturated rings. The van der Waals surface area contributed by atoms with Crippen molar-refractivity contribution in [1.82, 2.24) is 26.6 Å². The lowest BCUT2D eigenvalue weighted by Crippen LogP contribution is -2.71. The predicted octanol–water partition coefficient (Wildman–Crippen LogP) is -21.9. The Morgan fingerprint density at radius 2 is 0.679 bits per heavy atom. The molecule has 51 atom stereocenters. The minimum absolute atomic E-state index is 0.854. The smallest absolute Gasteiger partial charge is 0.364 e. The van der Waals surface area contributed by atoms with E-state index in [1.807, 2.05) is 0 Å². The molecule has 10 rings (SSSR count). The summed E-state index contributed by atoms with van der Waals surface area (Å²) in [4.78, 5) is 77.1. The van der Waals surface area contributed by atoms with Crippen molar-refractivity contribution in [2.45, 2.75) is 360 Å². The summed E-state index contributed by atoms with van der Waals surface area (Å²) in [5.74, 6) is -10.2. The first-order valence-electron chi connectivity index (χ1n) is 41.6. The number of carboxylic acids is 1. The SMILES string of the molecule is CC(=O)N[C@@H]1[C@H](O[C@@H]2[C@H](O[C@@H]3[C@H](O)[C@H](O[C@H]4[C@H](O)[C@@H](NC(C)=O)[C@H](O[C@H]5[C@H](O)[C@@H](NC(C)=O)[C@H](O)O[C@@H]5CO[C@H]5O[C@@H](C)[C@@H](O)[C@@H](O)[C@@H]5O)O[C@@H]4CO)O[C@H](CO[C@H]4O[C@H](CO)[C@@H](O)[C@H](O)[C@@H]4O[C@@H]4O[C@H](CO)[C@@H](O[C@@H]5O[C@H](CO)[C@H](O)[C@H](O[C@]6(C(=O)O)C[C@H](O)[C@@H](NC(C)=O)[C@H]([C@H](O)[C@H](O)CO)O6)[C@H]5O)[C@H](O)[C@H]4NC(C)=O)[C@H]3O)O[C@@H](CO)[C@@H](O)[C@@H]2O)O[C@H](CO)[C@@H](O)[C@@H]1O. The average molecular weight is 1920 g/mol. The minimum atomic E-state index is -3.31. The Morgan fingerprint density at radius 3 is 1.15 bits per heavy atom. The fourth-order valence-electron chi connectivity index (χ4n) is 16.9. The second-order valence-corrected chi connectivity index (χ2v) is 33.2. The topological polar surface area (TPSA) is 904 Å². The van der Waals surface area contributed by atoms with E-state index in [0.717, 1.165) is 34.6 Å². The van der Waals surface area contributed by atoms with Crippen LogP contribution in [0.2, 0.25) is 0 Å². The molecule has 0 aromatic carbocycles. The van der Waals surface area contributed by atoms with E-state index < -0.39 is 414 Å². The van der Waals surface area contributed by atoms with Gasteiger partial charge in [0.25, 0.3) is 5.79 Å². The van der Waals surface area contributed by atoms with E-state index in [-0.39, 0.29) is 0 Å². The summed E-state index contributed by atoms with van der Waals surface area (Å²) in [6, 6.07) is -9.50. The first-order valence-corrected chi connectivity index (χ1v) is 41.6. The zero-order chi connectivity index (χ0) is 96.9. The highest BCUT2D eigenvalue weighted by Gasteiger charge is 2.64. The molecular formula is C73H121N5O53. The van der Waals surface area contributed by atoms with Gasteiger partial charge >= 0.3 is 5.97 Å². The van der Waals surface area contributed by atoms with Crippen LogP contribution in [0.4, 0.5) is 0 Å². The maximum atomic E-state index is 13.3. The quantitative estimate of drug-likeness (QED) is 0.0280. The van der Waals surface area contributed by atoms with Crippen LogP contribution in [0.1, 0.15) is 48.0 Å². The Balaban J connectivity index is 0.963. The lowest BCUT2D eigenvalue weighted by molar-refractivity contribution is -0.397. The maximum Gasteiger partial charge on any atom is 0.364 e. The van der Waals surface area contributed by atoms with Gasteiger partial charge in [-0.15, -0.1) is 0 Å². The van der Waals surface area contributed by atoms with Crippen molar-refractivity contribution in [3.05, 3.63) is 0 Å². The van der Waals surface area contributed by atoms with Gasteiger partial charge in [-0.25, -0.2) is 4.79 Å². The third-order valence-corrected chi connectivity index (χ3v) is 23.8.